The first-order valence-corrected chi connectivity index (χ1v) is 10.8. The molecule has 1 aliphatic rings. The zero-order valence-electron chi connectivity index (χ0n) is 19.6. The van der Waals surface area contributed by atoms with Crippen LogP contribution in [0.5, 0.6) is 0 Å². The maximum Gasteiger partial charge on any atom is 0.174 e. The molecular weight excluding hydrogens is 372 g/mol. The number of aliphatic hydroxyl groups excluding tert-OH is 1. The van der Waals surface area contributed by atoms with Crippen LogP contribution in [0.1, 0.15) is 66.0 Å². The molecule has 3 atom stereocenters. The maximum atomic E-state index is 12.6. The van der Waals surface area contributed by atoms with Crippen molar-refractivity contribution in [2.75, 3.05) is 0 Å². The van der Waals surface area contributed by atoms with Gasteiger partial charge in [0.05, 0.1) is 12.0 Å². The molecule has 0 saturated heterocycles. The second kappa shape index (κ2) is 8.64. The molecule has 0 fully saturated rings. The molecule has 0 aliphatic heterocycles. The highest BCUT2D eigenvalue weighted by Gasteiger charge is 2.41. The third-order valence-corrected chi connectivity index (χ3v) is 6.09. The van der Waals surface area contributed by atoms with Crippen molar-refractivity contribution >= 4 is 5.78 Å². The van der Waals surface area contributed by atoms with E-state index in [1.165, 1.54) is 25.0 Å². The van der Waals surface area contributed by atoms with Crippen LogP contribution in [-0.4, -0.2) is 27.7 Å². The van der Waals surface area contributed by atoms with Gasteiger partial charge in [0.1, 0.15) is 5.60 Å². The van der Waals surface area contributed by atoms with E-state index in [9.17, 15) is 15.0 Å². The van der Waals surface area contributed by atoms with Crippen molar-refractivity contribution in [2.24, 2.45) is 11.3 Å². The molecule has 0 radical (unpaired) electrons. The molecule has 2 rings (SSSR count). The van der Waals surface area contributed by atoms with Crippen LogP contribution in [0.3, 0.4) is 0 Å². The lowest BCUT2D eigenvalue weighted by Gasteiger charge is -2.28. The average molecular weight is 411 g/mol. The van der Waals surface area contributed by atoms with Crippen molar-refractivity contribution in [3.05, 3.63) is 71.3 Å². The largest absolute Gasteiger partial charge is 0.393 e. The Labute approximate surface area is 182 Å². The Morgan fingerprint density at radius 1 is 1.23 bits per heavy atom. The number of benzene rings is 1. The molecule has 3 nitrogen and oxygen atoms in total. The molecule has 1 aromatic carbocycles. The summed E-state index contributed by atoms with van der Waals surface area (Å²) in [7, 11) is 0. The molecule has 0 spiro atoms. The monoisotopic (exact) mass is 410 g/mol. The summed E-state index contributed by atoms with van der Waals surface area (Å²) in [5, 5.41) is 19.8. The molecule has 1 aromatic rings. The van der Waals surface area contributed by atoms with Gasteiger partial charge >= 0.3 is 0 Å². The molecule has 0 saturated carbocycles. The van der Waals surface area contributed by atoms with E-state index in [2.05, 4.69) is 57.7 Å². The first kappa shape index (κ1) is 24.3. The smallest absolute Gasteiger partial charge is 0.174 e. The maximum absolute atomic E-state index is 12.6. The van der Waals surface area contributed by atoms with Crippen molar-refractivity contribution in [1.82, 2.24) is 0 Å². The summed E-state index contributed by atoms with van der Waals surface area (Å²) in [6, 6.07) is 8.51. The van der Waals surface area contributed by atoms with Crippen LogP contribution in [0.25, 0.3) is 0 Å². The fourth-order valence-electron chi connectivity index (χ4n) is 4.49. The number of hydrogen-bond donors (Lipinski definition) is 2. The normalized spacial score (nSPS) is 23.3. The van der Waals surface area contributed by atoms with Gasteiger partial charge in [0.25, 0.3) is 0 Å². The van der Waals surface area contributed by atoms with Crippen molar-refractivity contribution in [2.45, 2.75) is 78.4 Å². The Morgan fingerprint density at radius 3 is 2.27 bits per heavy atom. The number of carbonyl (C=O) groups is 1. The highest BCUT2D eigenvalue weighted by atomic mass is 16.3. The van der Waals surface area contributed by atoms with Crippen LogP contribution in [-0.2, 0) is 16.6 Å². The predicted molar refractivity (Wildman–Crippen MR) is 124 cm³/mol. The number of ketones is 1. The van der Waals surface area contributed by atoms with E-state index in [0.717, 1.165) is 17.6 Å². The van der Waals surface area contributed by atoms with Crippen molar-refractivity contribution in [3.8, 4) is 0 Å². The summed E-state index contributed by atoms with van der Waals surface area (Å²) in [6.07, 6.45) is 7.50. The number of Topliss-reactive ketones (excluding diaryl/α,β-unsaturated/α-hetero) is 1. The van der Waals surface area contributed by atoms with Gasteiger partial charge in [-0.1, -0.05) is 75.4 Å². The van der Waals surface area contributed by atoms with E-state index in [-0.39, 0.29) is 22.7 Å². The van der Waals surface area contributed by atoms with E-state index in [1.54, 1.807) is 6.92 Å². The summed E-state index contributed by atoms with van der Waals surface area (Å²) in [5.41, 5.74) is 2.76. The van der Waals surface area contributed by atoms with Crippen LogP contribution < -0.4 is 0 Å². The van der Waals surface area contributed by atoms with E-state index < -0.39 is 11.5 Å². The zero-order valence-corrected chi connectivity index (χ0v) is 19.6. The van der Waals surface area contributed by atoms with Gasteiger partial charge in [-0.25, -0.2) is 0 Å². The van der Waals surface area contributed by atoms with Gasteiger partial charge in [-0.2, -0.15) is 0 Å². The van der Waals surface area contributed by atoms with Gasteiger partial charge < -0.3 is 10.2 Å². The highest BCUT2D eigenvalue weighted by Crippen LogP contribution is 2.50. The molecule has 0 amide bonds. The topological polar surface area (TPSA) is 57.5 Å². The molecular formula is C27H38O3. The van der Waals surface area contributed by atoms with Crippen LogP contribution in [0.2, 0.25) is 0 Å². The molecule has 164 valence electrons. The lowest BCUT2D eigenvalue weighted by molar-refractivity contribution is -0.135. The van der Waals surface area contributed by atoms with Crippen molar-refractivity contribution in [3.63, 3.8) is 0 Å². The number of carbonyl (C=O) groups excluding carboxylic acids is 1. The Balaban J connectivity index is 2.33. The molecule has 2 N–H and O–H groups in total. The molecule has 3 unspecified atom stereocenters. The standard InChI is InChI=1S/C27H38O3/c1-18(2)23(24(29)26(6,7)30)14-13-22-16-27(8,17-25(22,4)5)21-11-9-20(10-12-21)15-19(3)28/h9-14,16,19,23,28,30H,1,15,17H2,2-8H3/b14-13-. The lowest BCUT2D eigenvalue weighted by atomic mass is 9.75. The van der Waals surface area contributed by atoms with Crippen molar-refractivity contribution in [1.29, 1.82) is 0 Å². The summed E-state index contributed by atoms with van der Waals surface area (Å²) >= 11 is 0. The minimum atomic E-state index is -1.39. The molecule has 3 heteroatoms. The minimum absolute atomic E-state index is 0.0407. The van der Waals surface area contributed by atoms with E-state index >= 15 is 0 Å². The van der Waals surface area contributed by atoms with Gasteiger partial charge in [0.15, 0.2) is 5.78 Å². The van der Waals surface area contributed by atoms with E-state index in [1.807, 2.05) is 19.1 Å². The van der Waals surface area contributed by atoms with Gasteiger partial charge in [-0.05, 0) is 62.7 Å². The summed E-state index contributed by atoms with van der Waals surface area (Å²) in [5.74, 6) is -0.743. The van der Waals surface area contributed by atoms with Gasteiger partial charge in [-0.15, -0.1) is 0 Å². The van der Waals surface area contributed by atoms with Gasteiger partial charge in [0.2, 0.25) is 0 Å². The van der Waals surface area contributed by atoms with Crippen LogP contribution in [0, 0.1) is 11.3 Å². The lowest BCUT2D eigenvalue weighted by Crippen LogP contribution is -2.36. The van der Waals surface area contributed by atoms with E-state index in [4.69, 9.17) is 0 Å². The number of rotatable bonds is 8. The number of allylic oxidation sites excluding steroid dienone is 5. The molecule has 1 aliphatic carbocycles. The summed E-state index contributed by atoms with van der Waals surface area (Å²) < 4.78 is 0. The summed E-state index contributed by atoms with van der Waals surface area (Å²) in [4.78, 5) is 12.6. The quantitative estimate of drug-likeness (QED) is 0.571. The molecule has 0 aromatic heterocycles. The third-order valence-electron chi connectivity index (χ3n) is 6.09. The Morgan fingerprint density at radius 2 is 1.80 bits per heavy atom. The fourth-order valence-corrected chi connectivity index (χ4v) is 4.49. The molecule has 0 bridgehead atoms. The third kappa shape index (κ3) is 5.59. The first-order chi connectivity index (χ1) is 13.7. The number of aliphatic hydroxyl groups is 2. The van der Waals surface area contributed by atoms with Crippen LogP contribution >= 0.6 is 0 Å². The fraction of sp³-hybridized carbons (Fsp3) is 0.519. The zero-order chi connectivity index (χ0) is 22.9. The van der Waals surface area contributed by atoms with Crippen LogP contribution in [0.15, 0.2) is 60.2 Å². The number of hydrogen-bond acceptors (Lipinski definition) is 3. The van der Waals surface area contributed by atoms with Gasteiger partial charge in [-0.3, -0.25) is 4.79 Å². The minimum Gasteiger partial charge on any atom is -0.393 e. The highest BCUT2D eigenvalue weighted by molar-refractivity contribution is 5.92. The molecule has 30 heavy (non-hydrogen) atoms. The Bertz CT molecular complexity index is 847. The van der Waals surface area contributed by atoms with Gasteiger partial charge in [0, 0.05) is 5.41 Å². The van der Waals surface area contributed by atoms with Crippen LogP contribution in [0.4, 0.5) is 0 Å². The van der Waals surface area contributed by atoms with E-state index in [0.29, 0.717) is 6.42 Å². The summed E-state index contributed by atoms with van der Waals surface area (Å²) in [6.45, 7) is 17.3. The Hall–Kier alpha value is -1.97. The second-order valence-electron chi connectivity index (χ2n) is 10.4. The van der Waals surface area contributed by atoms with Crippen molar-refractivity contribution < 1.29 is 15.0 Å². The predicted octanol–water partition coefficient (Wildman–Crippen LogP) is 5.31. The molecule has 0 heterocycles. The SMILES string of the molecule is C=C(C)C(/C=C\C1=CC(C)(c2ccc(CC(C)O)cc2)CC1(C)C)C(=O)C(C)(C)O. The first-order valence-electron chi connectivity index (χ1n) is 10.8. The Kier molecular flexibility index (Phi) is 7.00. The second-order valence-corrected chi connectivity index (χ2v) is 10.4. The average Bonchev–Trinajstić information content (AvgIpc) is 2.83.